The van der Waals surface area contributed by atoms with Gasteiger partial charge in [-0.2, -0.15) is 5.10 Å². The van der Waals surface area contributed by atoms with Crippen LogP contribution >= 0.6 is 0 Å². The number of nitrogens with zero attached hydrogens (tertiary/aromatic N) is 5. The van der Waals surface area contributed by atoms with Gasteiger partial charge in [0.2, 0.25) is 5.91 Å². The van der Waals surface area contributed by atoms with Gasteiger partial charge in [-0.1, -0.05) is 12.5 Å². The molecule has 30 heavy (non-hydrogen) atoms. The first-order valence-electron chi connectivity index (χ1n) is 11.1. The number of carbonyl (C=O) groups is 2. The van der Waals surface area contributed by atoms with Gasteiger partial charge in [-0.25, -0.2) is 0 Å². The first-order chi connectivity index (χ1) is 14.6. The first-order valence-corrected chi connectivity index (χ1v) is 11.1. The summed E-state index contributed by atoms with van der Waals surface area (Å²) in [5.41, 5.74) is 2.47. The lowest BCUT2D eigenvalue weighted by Gasteiger charge is -2.42. The Morgan fingerprint density at radius 3 is 2.70 bits per heavy atom. The van der Waals surface area contributed by atoms with Crippen molar-refractivity contribution < 1.29 is 9.59 Å². The highest BCUT2D eigenvalue weighted by Gasteiger charge is 2.36. The van der Waals surface area contributed by atoms with Crippen LogP contribution in [0.2, 0.25) is 0 Å². The number of rotatable bonds is 6. The quantitative estimate of drug-likeness (QED) is 0.735. The van der Waals surface area contributed by atoms with Crippen LogP contribution in [0.1, 0.15) is 60.6 Å². The van der Waals surface area contributed by atoms with Gasteiger partial charge in [0.25, 0.3) is 5.91 Å². The van der Waals surface area contributed by atoms with Gasteiger partial charge in [0.1, 0.15) is 0 Å². The molecule has 0 aromatic carbocycles. The maximum atomic E-state index is 13.3. The standard InChI is InChI=1S/C23H31N5O2/c1-3-27-16-21(17(2)25-27)23(30)26-12-6-10-20(15-26)28(22(29)19-8-4-9-19)14-18-7-5-11-24-13-18/h5,7,11,13,16,19-20H,3-4,6,8-10,12,14-15H2,1-2H3. The summed E-state index contributed by atoms with van der Waals surface area (Å²) >= 11 is 0. The van der Waals surface area contributed by atoms with E-state index in [4.69, 9.17) is 0 Å². The van der Waals surface area contributed by atoms with E-state index in [1.54, 1.807) is 10.9 Å². The van der Waals surface area contributed by atoms with Crippen LogP contribution < -0.4 is 0 Å². The molecule has 0 N–H and O–H groups in total. The molecule has 1 atom stereocenters. The zero-order valence-corrected chi connectivity index (χ0v) is 18.0. The highest BCUT2D eigenvalue weighted by Crippen LogP contribution is 2.31. The molecular formula is C23H31N5O2. The Balaban J connectivity index is 1.52. The normalized spacial score (nSPS) is 19.4. The highest BCUT2D eigenvalue weighted by molar-refractivity contribution is 5.95. The van der Waals surface area contributed by atoms with Crippen molar-refractivity contribution in [3.05, 3.63) is 47.5 Å². The molecule has 2 amide bonds. The van der Waals surface area contributed by atoms with Crippen LogP contribution in [0.4, 0.5) is 0 Å². The number of aryl methyl sites for hydroxylation is 2. The molecule has 0 radical (unpaired) electrons. The van der Waals surface area contributed by atoms with E-state index in [2.05, 4.69) is 10.1 Å². The minimum Gasteiger partial charge on any atom is -0.336 e. The third-order valence-corrected chi connectivity index (χ3v) is 6.44. The lowest BCUT2D eigenvalue weighted by molar-refractivity contribution is -0.142. The van der Waals surface area contributed by atoms with E-state index in [0.29, 0.717) is 18.7 Å². The largest absolute Gasteiger partial charge is 0.336 e. The number of hydrogen-bond donors (Lipinski definition) is 0. The van der Waals surface area contributed by atoms with Crippen LogP contribution in [0.5, 0.6) is 0 Å². The van der Waals surface area contributed by atoms with Gasteiger partial charge >= 0.3 is 0 Å². The maximum Gasteiger partial charge on any atom is 0.257 e. The van der Waals surface area contributed by atoms with Crippen LogP contribution in [0.3, 0.4) is 0 Å². The van der Waals surface area contributed by atoms with Gasteiger partial charge in [0, 0.05) is 56.7 Å². The summed E-state index contributed by atoms with van der Waals surface area (Å²) in [6, 6.07) is 3.96. The van der Waals surface area contributed by atoms with Crippen LogP contribution in [-0.2, 0) is 17.9 Å². The lowest BCUT2D eigenvalue weighted by atomic mass is 9.83. The first kappa shape index (κ1) is 20.6. The van der Waals surface area contributed by atoms with E-state index in [9.17, 15) is 9.59 Å². The van der Waals surface area contributed by atoms with Gasteiger partial charge in [0.05, 0.1) is 11.3 Å². The average Bonchev–Trinajstić information content (AvgIpc) is 3.11. The van der Waals surface area contributed by atoms with E-state index >= 15 is 0 Å². The minimum absolute atomic E-state index is 0.0225. The molecule has 1 aliphatic heterocycles. The molecule has 3 heterocycles. The van der Waals surface area contributed by atoms with Crippen LogP contribution in [-0.4, -0.2) is 55.5 Å². The third kappa shape index (κ3) is 4.25. The fourth-order valence-corrected chi connectivity index (χ4v) is 4.42. The summed E-state index contributed by atoms with van der Waals surface area (Å²) in [6.07, 6.45) is 10.3. The van der Waals surface area contributed by atoms with Crippen molar-refractivity contribution in [3.8, 4) is 0 Å². The Hall–Kier alpha value is -2.70. The molecule has 4 rings (SSSR count). The molecule has 7 heteroatoms. The summed E-state index contributed by atoms with van der Waals surface area (Å²) in [5, 5.41) is 4.42. The smallest absolute Gasteiger partial charge is 0.257 e. The predicted octanol–water partition coefficient (Wildman–Crippen LogP) is 3.04. The molecule has 2 aromatic heterocycles. The molecule has 1 aliphatic carbocycles. The number of hydrogen-bond acceptors (Lipinski definition) is 4. The molecule has 0 spiro atoms. The van der Waals surface area contributed by atoms with E-state index in [1.165, 1.54) is 0 Å². The second kappa shape index (κ2) is 8.98. The maximum absolute atomic E-state index is 13.3. The Labute approximate surface area is 178 Å². The van der Waals surface area contributed by atoms with E-state index in [-0.39, 0.29) is 23.8 Å². The molecular weight excluding hydrogens is 378 g/mol. The number of amides is 2. The van der Waals surface area contributed by atoms with E-state index < -0.39 is 0 Å². The van der Waals surface area contributed by atoms with Gasteiger partial charge in [-0.05, 0) is 51.2 Å². The summed E-state index contributed by atoms with van der Waals surface area (Å²) in [4.78, 5) is 34.6. The van der Waals surface area contributed by atoms with Crippen molar-refractivity contribution in [1.82, 2.24) is 24.6 Å². The topological polar surface area (TPSA) is 71.3 Å². The number of pyridine rings is 1. The summed E-state index contributed by atoms with van der Waals surface area (Å²) in [7, 11) is 0. The van der Waals surface area contributed by atoms with Gasteiger partial charge in [-0.15, -0.1) is 0 Å². The van der Waals surface area contributed by atoms with Crippen molar-refractivity contribution >= 4 is 11.8 Å². The Kier molecular flexibility index (Phi) is 6.16. The minimum atomic E-state index is 0.0225. The van der Waals surface area contributed by atoms with Crippen molar-refractivity contribution in [3.63, 3.8) is 0 Å². The fourth-order valence-electron chi connectivity index (χ4n) is 4.42. The summed E-state index contributed by atoms with van der Waals surface area (Å²) in [6.45, 7) is 6.50. The number of aromatic nitrogens is 3. The second-order valence-electron chi connectivity index (χ2n) is 8.49. The zero-order valence-electron chi connectivity index (χ0n) is 18.0. The van der Waals surface area contributed by atoms with Crippen LogP contribution in [0.15, 0.2) is 30.7 Å². The van der Waals surface area contributed by atoms with Gasteiger partial charge < -0.3 is 9.80 Å². The number of piperidine rings is 1. The van der Waals surface area contributed by atoms with Crippen LogP contribution in [0, 0.1) is 12.8 Å². The van der Waals surface area contributed by atoms with Crippen molar-refractivity contribution in [1.29, 1.82) is 0 Å². The Morgan fingerprint density at radius 1 is 1.23 bits per heavy atom. The molecule has 2 aliphatic rings. The molecule has 1 saturated carbocycles. The number of carbonyl (C=O) groups excluding carboxylic acids is 2. The molecule has 7 nitrogen and oxygen atoms in total. The SMILES string of the molecule is CCn1cc(C(=O)N2CCCC(N(Cc3cccnc3)C(=O)C3CCC3)C2)c(C)n1. The van der Waals surface area contributed by atoms with E-state index in [1.807, 2.05) is 48.2 Å². The van der Waals surface area contributed by atoms with Crippen molar-refractivity contribution in [2.24, 2.45) is 5.92 Å². The fraction of sp³-hybridized carbons (Fsp3) is 0.565. The number of likely N-dealkylation sites (tertiary alicyclic amines) is 1. The second-order valence-corrected chi connectivity index (χ2v) is 8.49. The van der Waals surface area contributed by atoms with Crippen LogP contribution in [0.25, 0.3) is 0 Å². The molecule has 1 saturated heterocycles. The van der Waals surface area contributed by atoms with Gasteiger partial charge in [-0.3, -0.25) is 19.3 Å². The van der Waals surface area contributed by atoms with Crippen molar-refractivity contribution in [2.45, 2.75) is 65.1 Å². The lowest BCUT2D eigenvalue weighted by Crippen LogP contribution is -2.53. The predicted molar refractivity (Wildman–Crippen MR) is 114 cm³/mol. The monoisotopic (exact) mass is 409 g/mol. The summed E-state index contributed by atoms with van der Waals surface area (Å²) in [5.74, 6) is 0.395. The Morgan fingerprint density at radius 2 is 2.07 bits per heavy atom. The highest BCUT2D eigenvalue weighted by atomic mass is 16.2. The molecule has 2 fully saturated rings. The molecule has 0 bridgehead atoms. The summed E-state index contributed by atoms with van der Waals surface area (Å²) < 4.78 is 1.80. The average molecular weight is 410 g/mol. The molecule has 160 valence electrons. The third-order valence-electron chi connectivity index (χ3n) is 6.44. The Bertz CT molecular complexity index is 890. The van der Waals surface area contributed by atoms with E-state index in [0.717, 1.165) is 56.5 Å². The molecule has 2 aromatic rings. The van der Waals surface area contributed by atoms with Gasteiger partial charge in [0.15, 0.2) is 0 Å². The molecule has 1 unspecified atom stereocenters. The zero-order chi connectivity index (χ0) is 21.1. The van der Waals surface area contributed by atoms with Crippen molar-refractivity contribution in [2.75, 3.05) is 13.1 Å².